The maximum Gasteiger partial charge on any atom is 0.178 e. The first kappa shape index (κ1) is 9.55. The summed E-state index contributed by atoms with van der Waals surface area (Å²) in [6.45, 7) is 2.93. The molecule has 1 aliphatic heterocycles. The maximum absolute atomic E-state index is 5.98. The van der Waals surface area contributed by atoms with Crippen LogP contribution in [-0.4, -0.2) is 17.5 Å². The van der Waals surface area contributed by atoms with Gasteiger partial charge in [0, 0.05) is 5.75 Å². The van der Waals surface area contributed by atoms with Crippen LogP contribution in [-0.2, 0) is 0 Å². The molecule has 0 aromatic heterocycles. The Morgan fingerprint density at radius 3 is 2.86 bits per heavy atom. The molecule has 0 spiro atoms. The predicted molar refractivity (Wildman–Crippen MR) is 62.6 cm³/mol. The number of hydrogen-bond donors (Lipinski definition) is 1. The van der Waals surface area contributed by atoms with Gasteiger partial charge >= 0.3 is 0 Å². The number of nitrogens with two attached hydrogens (primary N) is 1. The van der Waals surface area contributed by atoms with Gasteiger partial charge in [-0.3, -0.25) is 10.0 Å². The van der Waals surface area contributed by atoms with Crippen molar-refractivity contribution in [1.29, 1.82) is 0 Å². The fourth-order valence-corrected chi connectivity index (χ4v) is 2.19. The van der Waals surface area contributed by atoms with Crippen LogP contribution in [0.4, 0.5) is 5.69 Å². The molecule has 2 N–H and O–H groups in total. The smallest absolute Gasteiger partial charge is 0.178 e. The molecular weight excluding hydrogens is 194 g/mol. The standard InChI is InChI=1S/C10H13N3S/c1-8-4-2-3-5-9(8)13(11)10-12-6-7-14-10/h2-5H,6-7,11H2,1H3. The third-order valence-electron chi connectivity index (χ3n) is 2.15. The van der Waals surface area contributed by atoms with E-state index in [9.17, 15) is 0 Å². The average molecular weight is 207 g/mol. The van der Waals surface area contributed by atoms with E-state index in [-0.39, 0.29) is 0 Å². The van der Waals surface area contributed by atoms with Crippen molar-refractivity contribution in [1.82, 2.24) is 0 Å². The summed E-state index contributed by atoms with van der Waals surface area (Å²) in [5.41, 5.74) is 2.20. The maximum atomic E-state index is 5.98. The highest BCUT2D eigenvalue weighted by Crippen LogP contribution is 2.22. The molecule has 0 saturated heterocycles. The third-order valence-corrected chi connectivity index (χ3v) is 3.12. The van der Waals surface area contributed by atoms with Crippen LogP contribution < -0.4 is 10.9 Å². The van der Waals surface area contributed by atoms with E-state index in [4.69, 9.17) is 5.84 Å². The van der Waals surface area contributed by atoms with Crippen molar-refractivity contribution < 1.29 is 0 Å². The van der Waals surface area contributed by atoms with Gasteiger partial charge in [0.1, 0.15) is 0 Å². The van der Waals surface area contributed by atoms with Crippen LogP contribution >= 0.6 is 11.8 Å². The van der Waals surface area contributed by atoms with Gasteiger partial charge in [0.05, 0.1) is 12.2 Å². The second-order valence-electron chi connectivity index (χ2n) is 3.17. The number of nitrogens with zero attached hydrogens (tertiary/aromatic N) is 2. The molecule has 1 aromatic carbocycles. The van der Waals surface area contributed by atoms with Gasteiger partial charge in [-0.1, -0.05) is 30.0 Å². The summed E-state index contributed by atoms with van der Waals surface area (Å²) in [6, 6.07) is 8.06. The molecule has 0 unspecified atom stereocenters. The average Bonchev–Trinajstić information content (AvgIpc) is 2.70. The van der Waals surface area contributed by atoms with Crippen molar-refractivity contribution in [2.45, 2.75) is 6.92 Å². The number of benzene rings is 1. The second kappa shape index (κ2) is 4.02. The summed E-state index contributed by atoms with van der Waals surface area (Å²) in [7, 11) is 0. The fourth-order valence-electron chi connectivity index (χ4n) is 1.41. The minimum atomic E-state index is 0.875. The molecule has 1 heterocycles. The van der Waals surface area contributed by atoms with Crippen LogP contribution in [0.2, 0.25) is 0 Å². The van der Waals surface area contributed by atoms with Gasteiger partial charge < -0.3 is 0 Å². The topological polar surface area (TPSA) is 41.6 Å². The number of aryl methyl sites for hydroxylation is 1. The van der Waals surface area contributed by atoms with Gasteiger partial charge in [-0.15, -0.1) is 0 Å². The number of hydrazine groups is 1. The van der Waals surface area contributed by atoms with Crippen LogP contribution in [0.25, 0.3) is 0 Å². The van der Waals surface area contributed by atoms with E-state index in [2.05, 4.69) is 18.0 Å². The Morgan fingerprint density at radius 2 is 2.21 bits per heavy atom. The Bertz CT molecular complexity index is 362. The minimum Gasteiger partial charge on any atom is -0.260 e. The molecule has 0 aliphatic carbocycles. The highest BCUT2D eigenvalue weighted by Gasteiger charge is 2.15. The number of aliphatic imine (C=N–C) groups is 1. The fraction of sp³-hybridized carbons (Fsp3) is 0.300. The summed E-state index contributed by atoms with van der Waals surface area (Å²) in [6.07, 6.45) is 0. The van der Waals surface area contributed by atoms with E-state index in [1.165, 1.54) is 5.56 Å². The lowest BCUT2D eigenvalue weighted by Gasteiger charge is -2.19. The number of anilines is 1. The van der Waals surface area contributed by atoms with Gasteiger partial charge in [-0.25, -0.2) is 5.84 Å². The molecule has 3 nitrogen and oxygen atoms in total. The summed E-state index contributed by atoms with van der Waals surface area (Å²) >= 11 is 1.70. The van der Waals surface area contributed by atoms with Gasteiger partial charge in [0.25, 0.3) is 0 Å². The zero-order valence-electron chi connectivity index (χ0n) is 8.10. The molecule has 0 saturated carbocycles. The molecule has 1 aromatic rings. The van der Waals surface area contributed by atoms with Crippen LogP contribution in [0.5, 0.6) is 0 Å². The zero-order chi connectivity index (χ0) is 9.97. The normalized spacial score (nSPS) is 15.4. The molecular formula is C10H13N3S. The monoisotopic (exact) mass is 207 g/mol. The van der Waals surface area contributed by atoms with E-state index >= 15 is 0 Å². The summed E-state index contributed by atoms with van der Waals surface area (Å²) in [5.74, 6) is 7.02. The first-order valence-corrected chi connectivity index (χ1v) is 5.55. The SMILES string of the molecule is Cc1ccccc1N(N)C1=NCCS1. The molecule has 0 atom stereocenters. The number of para-hydroxylation sites is 1. The van der Waals surface area contributed by atoms with Gasteiger partial charge in [0.2, 0.25) is 0 Å². The Morgan fingerprint density at radius 1 is 1.43 bits per heavy atom. The van der Waals surface area contributed by atoms with E-state index in [1.54, 1.807) is 16.8 Å². The molecule has 0 amide bonds. The summed E-state index contributed by atoms with van der Waals surface area (Å²) in [5, 5.41) is 2.59. The molecule has 0 radical (unpaired) electrons. The quantitative estimate of drug-likeness (QED) is 0.564. The van der Waals surface area contributed by atoms with E-state index < -0.39 is 0 Å². The molecule has 0 fully saturated rings. The largest absolute Gasteiger partial charge is 0.260 e. The van der Waals surface area contributed by atoms with E-state index in [1.807, 2.05) is 18.2 Å². The first-order chi connectivity index (χ1) is 6.79. The Kier molecular flexibility index (Phi) is 2.74. The Balaban J connectivity index is 2.26. The summed E-state index contributed by atoms with van der Waals surface area (Å²) < 4.78 is 0. The van der Waals surface area contributed by atoms with Crippen LogP contribution in [0, 0.1) is 6.92 Å². The number of thioether (sulfide) groups is 1. The predicted octanol–water partition coefficient (Wildman–Crippen LogP) is 1.78. The minimum absolute atomic E-state index is 0.875. The number of amidine groups is 1. The molecule has 2 rings (SSSR count). The van der Waals surface area contributed by atoms with Crippen molar-refractivity contribution in [2.24, 2.45) is 10.8 Å². The van der Waals surface area contributed by atoms with Gasteiger partial charge in [-0.2, -0.15) is 0 Å². The lowest BCUT2D eigenvalue weighted by Crippen LogP contribution is -2.35. The zero-order valence-corrected chi connectivity index (χ0v) is 8.92. The molecule has 14 heavy (non-hydrogen) atoms. The van der Waals surface area contributed by atoms with Crippen LogP contribution in [0.15, 0.2) is 29.3 Å². The lowest BCUT2D eigenvalue weighted by molar-refractivity contribution is 1.10. The lowest BCUT2D eigenvalue weighted by atomic mass is 10.2. The number of rotatable bonds is 1. The Hall–Kier alpha value is -1.000. The van der Waals surface area contributed by atoms with Crippen LogP contribution in [0.3, 0.4) is 0 Å². The van der Waals surface area contributed by atoms with E-state index in [0.29, 0.717) is 0 Å². The van der Waals surface area contributed by atoms with Crippen molar-refractivity contribution in [3.63, 3.8) is 0 Å². The van der Waals surface area contributed by atoms with Crippen molar-refractivity contribution in [3.05, 3.63) is 29.8 Å². The molecule has 0 bridgehead atoms. The summed E-state index contributed by atoms with van der Waals surface area (Å²) in [4.78, 5) is 4.33. The van der Waals surface area contributed by atoms with Gasteiger partial charge in [0.15, 0.2) is 5.17 Å². The van der Waals surface area contributed by atoms with Crippen molar-refractivity contribution >= 4 is 22.6 Å². The van der Waals surface area contributed by atoms with Crippen molar-refractivity contribution in [3.8, 4) is 0 Å². The highest BCUT2D eigenvalue weighted by molar-refractivity contribution is 8.14. The number of hydrogen-bond acceptors (Lipinski definition) is 4. The van der Waals surface area contributed by atoms with Crippen molar-refractivity contribution in [2.75, 3.05) is 17.3 Å². The van der Waals surface area contributed by atoms with Crippen LogP contribution in [0.1, 0.15) is 5.56 Å². The van der Waals surface area contributed by atoms with E-state index in [0.717, 1.165) is 23.2 Å². The molecule has 74 valence electrons. The first-order valence-electron chi connectivity index (χ1n) is 4.57. The third kappa shape index (κ3) is 1.76. The molecule has 4 heteroatoms. The highest BCUT2D eigenvalue weighted by atomic mass is 32.2. The second-order valence-corrected chi connectivity index (χ2v) is 4.23. The Labute approximate surface area is 88.0 Å². The molecule has 1 aliphatic rings. The van der Waals surface area contributed by atoms with Gasteiger partial charge in [-0.05, 0) is 18.6 Å².